The van der Waals surface area contributed by atoms with Gasteiger partial charge in [0.15, 0.2) is 5.75 Å². The van der Waals surface area contributed by atoms with E-state index in [9.17, 15) is 14.7 Å². The highest BCUT2D eigenvalue weighted by atomic mass is 79.9. The number of benzene rings is 1. The minimum Gasteiger partial charge on any atom is -0.505 e. The van der Waals surface area contributed by atoms with Gasteiger partial charge < -0.3 is 15.3 Å². The molecule has 2 N–H and O–H groups in total. The molecule has 1 fully saturated rings. The zero-order chi connectivity index (χ0) is 14.9. The summed E-state index contributed by atoms with van der Waals surface area (Å²) >= 11 is 3.24. The van der Waals surface area contributed by atoms with Crippen molar-refractivity contribution in [3.05, 3.63) is 22.2 Å². The number of likely N-dealkylation sites (tertiary alicyclic amines) is 1. The minimum atomic E-state index is -0.360. The third-order valence-electron chi connectivity index (χ3n) is 3.43. The van der Waals surface area contributed by atoms with Crippen molar-refractivity contribution in [3.63, 3.8) is 0 Å². The number of phenols is 1. The third kappa shape index (κ3) is 2.95. The fraction of sp³-hybridized carbons (Fsp3) is 0.429. The summed E-state index contributed by atoms with van der Waals surface area (Å²) in [5, 5.41) is 12.6. The van der Waals surface area contributed by atoms with Gasteiger partial charge in [0.25, 0.3) is 0 Å². The maximum Gasteiger partial charge on any atom is 0.229 e. The number of phenolic OH excluding ortho intramolecular Hbond substituents is 1. The number of halogens is 1. The van der Waals surface area contributed by atoms with Crippen LogP contribution in [0.2, 0.25) is 0 Å². The molecule has 1 atom stereocenters. The van der Waals surface area contributed by atoms with Crippen molar-refractivity contribution in [3.8, 4) is 5.75 Å². The van der Waals surface area contributed by atoms with Crippen LogP contribution in [0.4, 0.5) is 5.69 Å². The summed E-state index contributed by atoms with van der Waals surface area (Å²) in [5.74, 6) is -0.592. The van der Waals surface area contributed by atoms with Crippen LogP contribution in [0.1, 0.15) is 18.9 Å². The lowest BCUT2D eigenvalue weighted by Crippen LogP contribution is -2.28. The number of aryl methyl sites for hydroxylation is 1. The first-order valence-electron chi connectivity index (χ1n) is 6.50. The van der Waals surface area contributed by atoms with E-state index < -0.39 is 0 Å². The van der Waals surface area contributed by atoms with Crippen molar-refractivity contribution >= 4 is 33.4 Å². The first-order chi connectivity index (χ1) is 9.42. The van der Waals surface area contributed by atoms with E-state index in [1.807, 2.05) is 13.8 Å². The van der Waals surface area contributed by atoms with E-state index >= 15 is 0 Å². The lowest BCUT2D eigenvalue weighted by atomic mass is 10.1. The van der Waals surface area contributed by atoms with Crippen molar-refractivity contribution in [1.29, 1.82) is 0 Å². The van der Waals surface area contributed by atoms with Gasteiger partial charge in [-0.2, -0.15) is 0 Å². The number of anilines is 1. The molecule has 6 heteroatoms. The Hall–Kier alpha value is -1.56. The van der Waals surface area contributed by atoms with Gasteiger partial charge in [-0.05, 0) is 47.5 Å². The van der Waals surface area contributed by atoms with Gasteiger partial charge in [-0.25, -0.2) is 0 Å². The number of hydrogen-bond donors (Lipinski definition) is 2. The molecule has 108 valence electrons. The molecule has 2 rings (SSSR count). The van der Waals surface area contributed by atoms with E-state index in [0.29, 0.717) is 23.2 Å². The second kappa shape index (κ2) is 5.83. The predicted molar refractivity (Wildman–Crippen MR) is 79.5 cm³/mol. The lowest BCUT2D eigenvalue weighted by molar-refractivity contribution is -0.128. The van der Waals surface area contributed by atoms with Crippen molar-refractivity contribution in [2.45, 2.75) is 20.3 Å². The van der Waals surface area contributed by atoms with E-state index in [0.717, 1.165) is 5.56 Å². The van der Waals surface area contributed by atoms with Crippen molar-refractivity contribution in [1.82, 2.24) is 4.90 Å². The Kier molecular flexibility index (Phi) is 4.32. The number of nitrogens with one attached hydrogen (secondary N) is 1. The quantitative estimate of drug-likeness (QED) is 0.829. The molecule has 0 bridgehead atoms. The standard InChI is InChI=1S/C14H17BrN2O3/c1-3-17-7-9(6-12(17)18)14(20)16-11-5-8(2)4-10(15)13(11)19/h4-5,9,19H,3,6-7H2,1-2H3,(H,16,20)/t9-/m1/s1. The van der Waals surface area contributed by atoms with Crippen LogP contribution >= 0.6 is 15.9 Å². The molecule has 0 radical (unpaired) electrons. The smallest absolute Gasteiger partial charge is 0.229 e. The summed E-state index contributed by atoms with van der Waals surface area (Å²) in [5.41, 5.74) is 1.28. The molecule has 0 aromatic heterocycles. The number of carbonyl (C=O) groups is 2. The van der Waals surface area contributed by atoms with Crippen LogP contribution in [-0.2, 0) is 9.59 Å². The Bertz CT molecular complexity index is 560. The number of carbonyl (C=O) groups excluding carboxylic acids is 2. The summed E-state index contributed by atoms with van der Waals surface area (Å²) < 4.78 is 0.533. The average molecular weight is 341 g/mol. The topological polar surface area (TPSA) is 69.6 Å². The van der Waals surface area contributed by atoms with Crippen LogP contribution in [0.5, 0.6) is 5.75 Å². The van der Waals surface area contributed by atoms with E-state index in [4.69, 9.17) is 0 Å². The van der Waals surface area contributed by atoms with Gasteiger partial charge in [0.1, 0.15) is 0 Å². The summed E-state index contributed by atoms with van der Waals surface area (Å²) in [6.45, 7) is 4.82. The summed E-state index contributed by atoms with van der Waals surface area (Å²) in [4.78, 5) is 25.5. The van der Waals surface area contributed by atoms with Crippen LogP contribution in [-0.4, -0.2) is 34.9 Å². The molecule has 0 unspecified atom stereocenters. The largest absolute Gasteiger partial charge is 0.505 e. The van der Waals surface area contributed by atoms with Gasteiger partial charge in [-0.15, -0.1) is 0 Å². The maximum absolute atomic E-state index is 12.2. The van der Waals surface area contributed by atoms with Gasteiger partial charge in [-0.1, -0.05) is 0 Å². The van der Waals surface area contributed by atoms with Crippen LogP contribution in [0, 0.1) is 12.8 Å². The second-order valence-corrected chi connectivity index (χ2v) is 5.82. The van der Waals surface area contributed by atoms with E-state index in [2.05, 4.69) is 21.2 Å². The van der Waals surface area contributed by atoms with E-state index in [1.54, 1.807) is 17.0 Å². The Morgan fingerprint density at radius 1 is 1.55 bits per heavy atom. The van der Waals surface area contributed by atoms with Gasteiger partial charge in [-0.3, -0.25) is 9.59 Å². The summed E-state index contributed by atoms with van der Waals surface area (Å²) in [7, 11) is 0. The number of hydrogen-bond acceptors (Lipinski definition) is 3. The van der Waals surface area contributed by atoms with Gasteiger partial charge in [0.2, 0.25) is 11.8 Å². The highest BCUT2D eigenvalue weighted by Crippen LogP contribution is 2.34. The molecular formula is C14H17BrN2O3. The van der Waals surface area contributed by atoms with Crippen molar-refractivity contribution < 1.29 is 14.7 Å². The molecule has 0 aliphatic carbocycles. The van der Waals surface area contributed by atoms with Gasteiger partial charge in [0, 0.05) is 19.5 Å². The average Bonchev–Trinajstić information content (AvgIpc) is 2.76. The first-order valence-corrected chi connectivity index (χ1v) is 7.29. The summed E-state index contributed by atoms with van der Waals surface area (Å²) in [6, 6.07) is 3.47. The van der Waals surface area contributed by atoms with Crippen LogP contribution in [0.25, 0.3) is 0 Å². The van der Waals surface area contributed by atoms with Crippen LogP contribution in [0.3, 0.4) is 0 Å². The molecule has 0 spiro atoms. The van der Waals surface area contributed by atoms with Crippen LogP contribution in [0.15, 0.2) is 16.6 Å². The number of aromatic hydroxyl groups is 1. The molecule has 1 aromatic rings. The predicted octanol–water partition coefficient (Wildman–Crippen LogP) is 2.27. The molecule has 1 aliphatic rings. The molecule has 20 heavy (non-hydrogen) atoms. The molecule has 5 nitrogen and oxygen atoms in total. The number of amides is 2. The Morgan fingerprint density at radius 3 is 2.85 bits per heavy atom. The fourth-order valence-corrected chi connectivity index (χ4v) is 2.89. The Morgan fingerprint density at radius 2 is 2.25 bits per heavy atom. The summed E-state index contributed by atoms with van der Waals surface area (Å²) in [6.07, 6.45) is 0.230. The zero-order valence-corrected chi connectivity index (χ0v) is 13.0. The molecular weight excluding hydrogens is 324 g/mol. The van der Waals surface area contributed by atoms with Crippen molar-refractivity contribution in [2.24, 2.45) is 5.92 Å². The molecule has 0 saturated carbocycles. The maximum atomic E-state index is 12.2. The second-order valence-electron chi connectivity index (χ2n) is 4.97. The Labute approximate surface area is 126 Å². The lowest BCUT2D eigenvalue weighted by Gasteiger charge is -2.14. The highest BCUT2D eigenvalue weighted by Gasteiger charge is 2.33. The molecule has 2 amide bonds. The molecule has 1 saturated heterocycles. The Balaban J connectivity index is 2.11. The van der Waals surface area contributed by atoms with Gasteiger partial charge in [0.05, 0.1) is 16.1 Å². The highest BCUT2D eigenvalue weighted by molar-refractivity contribution is 9.10. The van der Waals surface area contributed by atoms with Gasteiger partial charge >= 0.3 is 0 Å². The number of rotatable bonds is 3. The monoisotopic (exact) mass is 340 g/mol. The zero-order valence-electron chi connectivity index (χ0n) is 11.4. The molecule has 1 heterocycles. The SMILES string of the molecule is CCN1C[C@H](C(=O)Nc2cc(C)cc(Br)c2O)CC1=O. The normalized spacial score (nSPS) is 18.4. The van der Waals surface area contributed by atoms with Crippen molar-refractivity contribution in [2.75, 3.05) is 18.4 Å². The first kappa shape index (κ1) is 14.8. The third-order valence-corrected chi connectivity index (χ3v) is 4.04. The molecule has 1 aliphatic heterocycles. The van der Waals surface area contributed by atoms with E-state index in [1.165, 1.54) is 0 Å². The number of nitrogens with zero attached hydrogens (tertiary/aromatic N) is 1. The van der Waals surface area contributed by atoms with E-state index in [-0.39, 0.29) is 29.9 Å². The minimum absolute atomic E-state index is 0.000575. The van der Waals surface area contributed by atoms with Crippen LogP contribution < -0.4 is 5.32 Å². The fourth-order valence-electron chi connectivity index (χ4n) is 2.32. The molecule has 1 aromatic carbocycles.